The molecule has 1 aliphatic rings. The van der Waals surface area contributed by atoms with E-state index in [9.17, 15) is 0 Å². The molecule has 3 rings (SSSR count). The van der Waals surface area contributed by atoms with Gasteiger partial charge in [-0.2, -0.15) is 0 Å². The quantitative estimate of drug-likeness (QED) is 0.839. The highest BCUT2D eigenvalue weighted by Crippen LogP contribution is 2.34. The predicted octanol–water partition coefficient (Wildman–Crippen LogP) is 3.31. The molecule has 0 radical (unpaired) electrons. The number of hydrogen-bond donors (Lipinski definition) is 1. The third-order valence-electron chi connectivity index (χ3n) is 3.99. The number of methoxy groups -OCH3 is 1. The Bertz CT molecular complexity index is 534. The van der Waals surface area contributed by atoms with E-state index < -0.39 is 0 Å². The first-order chi connectivity index (χ1) is 9.90. The summed E-state index contributed by atoms with van der Waals surface area (Å²) in [5, 5.41) is 3.69. The lowest BCUT2D eigenvalue weighted by molar-refractivity contribution is 0.193. The van der Waals surface area contributed by atoms with Crippen LogP contribution in [0.3, 0.4) is 0 Å². The van der Waals surface area contributed by atoms with Crippen molar-refractivity contribution in [2.45, 2.75) is 18.9 Å². The van der Waals surface area contributed by atoms with Gasteiger partial charge in [0.25, 0.3) is 0 Å². The van der Waals surface area contributed by atoms with E-state index in [1.807, 2.05) is 0 Å². The molecule has 0 heterocycles. The highest BCUT2D eigenvalue weighted by Gasteiger charge is 2.23. The molecule has 0 aliphatic heterocycles. The number of ether oxygens (including phenoxy) is 1. The van der Waals surface area contributed by atoms with E-state index in [-0.39, 0.29) is 0 Å². The fraction of sp³-hybridized carbons (Fsp3) is 0.333. The molecule has 0 saturated heterocycles. The summed E-state index contributed by atoms with van der Waals surface area (Å²) in [6.45, 7) is 1.78. The summed E-state index contributed by atoms with van der Waals surface area (Å²) in [5.41, 5.74) is 5.72. The van der Waals surface area contributed by atoms with Gasteiger partial charge in [-0.1, -0.05) is 48.5 Å². The first kappa shape index (κ1) is 13.3. The zero-order chi connectivity index (χ0) is 13.8. The Kier molecular flexibility index (Phi) is 4.14. The lowest BCUT2D eigenvalue weighted by Gasteiger charge is -2.29. The van der Waals surface area contributed by atoms with Crippen molar-refractivity contribution in [3.8, 4) is 0 Å². The largest absolute Gasteiger partial charge is 0.385 e. The molecule has 0 bridgehead atoms. The van der Waals surface area contributed by atoms with E-state index in [4.69, 9.17) is 4.74 Å². The second-order valence-corrected chi connectivity index (χ2v) is 5.31. The van der Waals surface area contributed by atoms with E-state index in [2.05, 4.69) is 53.8 Å². The Hall–Kier alpha value is -1.64. The standard InChI is InChI=1S/C18H21NO/c1-20-12-6-11-19-18-16-9-4-2-7-14(16)13-15-8-3-5-10-17(15)18/h2-5,7-10,18-19H,6,11-13H2,1H3. The second kappa shape index (κ2) is 6.21. The molecular weight excluding hydrogens is 246 g/mol. The van der Waals surface area contributed by atoms with Crippen LogP contribution < -0.4 is 5.32 Å². The lowest BCUT2D eigenvalue weighted by Crippen LogP contribution is -2.28. The number of fused-ring (bicyclic) bond motifs is 2. The third kappa shape index (κ3) is 2.62. The Morgan fingerprint density at radius 2 is 1.60 bits per heavy atom. The molecule has 0 aromatic heterocycles. The predicted molar refractivity (Wildman–Crippen MR) is 82.0 cm³/mol. The van der Waals surface area contributed by atoms with Crippen molar-refractivity contribution in [1.29, 1.82) is 0 Å². The van der Waals surface area contributed by atoms with Gasteiger partial charge in [-0.15, -0.1) is 0 Å². The van der Waals surface area contributed by atoms with Crippen LogP contribution in [0.25, 0.3) is 0 Å². The molecule has 0 fully saturated rings. The summed E-state index contributed by atoms with van der Waals surface area (Å²) in [4.78, 5) is 0. The Balaban J connectivity index is 1.87. The van der Waals surface area contributed by atoms with Crippen LogP contribution in [-0.2, 0) is 11.2 Å². The van der Waals surface area contributed by atoms with Gasteiger partial charge in [0, 0.05) is 13.7 Å². The number of nitrogens with one attached hydrogen (secondary N) is 1. The first-order valence-electron chi connectivity index (χ1n) is 7.28. The van der Waals surface area contributed by atoms with E-state index in [1.54, 1.807) is 7.11 Å². The molecule has 2 heteroatoms. The van der Waals surface area contributed by atoms with Gasteiger partial charge in [-0.05, 0) is 41.6 Å². The van der Waals surface area contributed by atoms with Crippen molar-refractivity contribution in [2.24, 2.45) is 0 Å². The maximum Gasteiger partial charge on any atom is 0.0582 e. The smallest absolute Gasteiger partial charge is 0.0582 e. The van der Waals surface area contributed by atoms with Crippen LogP contribution in [0.4, 0.5) is 0 Å². The Labute approximate surface area is 120 Å². The zero-order valence-corrected chi connectivity index (χ0v) is 11.9. The number of benzene rings is 2. The van der Waals surface area contributed by atoms with Gasteiger partial charge < -0.3 is 10.1 Å². The molecule has 0 unspecified atom stereocenters. The van der Waals surface area contributed by atoms with Crippen LogP contribution in [0, 0.1) is 0 Å². The van der Waals surface area contributed by atoms with Gasteiger partial charge in [0.15, 0.2) is 0 Å². The fourth-order valence-corrected chi connectivity index (χ4v) is 3.01. The molecule has 104 valence electrons. The van der Waals surface area contributed by atoms with Crippen molar-refractivity contribution >= 4 is 0 Å². The molecule has 1 N–H and O–H groups in total. The highest BCUT2D eigenvalue weighted by atomic mass is 16.5. The van der Waals surface area contributed by atoms with Crippen molar-refractivity contribution in [3.05, 3.63) is 70.8 Å². The van der Waals surface area contributed by atoms with Crippen LogP contribution in [0.15, 0.2) is 48.5 Å². The van der Waals surface area contributed by atoms with Crippen LogP contribution in [0.5, 0.6) is 0 Å². The van der Waals surface area contributed by atoms with Crippen molar-refractivity contribution in [2.75, 3.05) is 20.3 Å². The minimum atomic E-state index is 0.313. The molecule has 20 heavy (non-hydrogen) atoms. The monoisotopic (exact) mass is 267 g/mol. The van der Waals surface area contributed by atoms with Crippen molar-refractivity contribution in [1.82, 2.24) is 5.32 Å². The summed E-state index contributed by atoms with van der Waals surface area (Å²) in [6, 6.07) is 17.8. The summed E-state index contributed by atoms with van der Waals surface area (Å²) < 4.78 is 5.13. The average Bonchev–Trinajstić information content (AvgIpc) is 2.50. The highest BCUT2D eigenvalue weighted by molar-refractivity contribution is 5.48. The maximum atomic E-state index is 5.13. The van der Waals surface area contributed by atoms with Gasteiger partial charge >= 0.3 is 0 Å². The number of rotatable bonds is 5. The molecule has 0 atom stereocenters. The van der Waals surface area contributed by atoms with Crippen LogP contribution in [-0.4, -0.2) is 20.3 Å². The molecule has 1 aliphatic carbocycles. The van der Waals surface area contributed by atoms with Crippen LogP contribution >= 0.6 is 0 Å². The Morgan fingerprint density at radius 1 is 1.00 bits per heavy atom. The van der Waals surface area contributed by atoms with E-state index in [1.165, 1.54) is 22.3 Å². The van der Waals surface area contributed by atoms with E-state index >= 15 is 0 Å². The second-order valence-electron chi connectivity index (χ2n) is 5.31. The zero-order valence-electron chi connectivity index (χ0n) is 11.9. The van der Waals surface area contributed by atoms with E-state index in [0.717, 1.165) is 26.0 Å². The Morgan fingerprint density at radius 3 is 2.20 bits per heavy atom. The minimum Gasteiger partial charge on any atom is -0.385 e. The number of hydrogen-bond acceptors (Lipinski definition) is 2. The molecular formula is C18H21NO. The molecule has 0 saturated carbocycles. The summed E-state index contributed by atoms with van der Waals surface area (Å²) >= 11 is 0. The summed E-state index contributed by atoms with van der Waals surface area (Å²) in [5.74, 6) is 0. The van der Waals surface area contributed by atoms with Gasteiger partial charge in [-0.25, -0.2) is 0 Å². The molecule has 2 nitrogen and oxygen atoms in total. The molecule has 0 amide bonds. The average molecular weight is 267 g/mol. The first-order valence-corrected chi connectivity index (χ1v) is 7.28. The van der Waals surface area contributed by atoms with Crippen LogP contribution in [0.1, 0.15) is 34.7 Å². The molecule has 0 spiro atoms. The minimum absolute atomic E-state index is 0.313. The van der Waals surface area contributed by atoms with Gasteiger partial charge in [0.2, 0.25) is 0 Å². The topological polar surface area (TPSA) is 21.3 Å². The van der Waals surface area contributed by atoms with Crippen molar-refractivity contribution < 1.29 is 4.74 Å². The molecule has 2 aromatic carbocycles. The summed E-state index contributed by atoms with van der Waals surface area (Å²) in [6.07, 6.45) is 2.08. The van der Waals surface area contributed by atoms with Gasteiger partial charge in [0.1, 0.15) is 0 Å². The van der Waals surface area contributed by atoms with Crippen LogP contribution in [0.2, 0.25) is 0 Å². The lowest BCUT2D eigenvalue weighted by atomic mass is 9.82. The van der Waals surface area contributed by atoms with Gasteiger partial charge in [-0.3, -0.25) is 0 Å². The van der Waals surface area contributed by atoms with Gasteiger partial charge in [0.05, 0.1) is 6.04 Å². The third-order valence-corrected chi connectivity index (χ3v) is 3.99. The van der Waals surface area contributed by atoms with Crippen molar-refractivity contribution in [3.63, 3.8) is 0 Å². The van der Waals surface area contributed by atoms with E-state index in [0.29, 0.717) is 6.04 Å². The summed E-state index contributed by atoms with van der Waals surface area (Å²) in [7, 11) is 1.76. The fourth-order valence-electron chi connectivity index (χ4n) is 3.01. The normalized spacial score (nSPS) is 13.8. The maximum absolute atomic E-state index is 5.13. The SMILES string of the molecule is COCCCNC1c2ccccc2Cc2ccccc21. The molecule has 2 aromatic rings.